The Morgan fingerprint density at radius 2 is 1.69 bits per heavy atom. The summed E-state index contributed by atoms with van der Waals surface area (Å²) in [6.07, 6.45) is 2.29. The van der Waals surface area contributed by atoms with Crippen LogP contribution in [0.25, 0.3) is 11.1 Å². The topological polar surface area (TPSA) is 75.6 Å². The van der Waals surface area contributed by atoms with E-state index in [9.17, 15) is 9.59 Å². The van der Waals surface area contributed by atoms with Crippen molar-refractivity contribution in [1.29, 1.82) is 0 Å². The molecule has 35 heavy (non-hydrogen) atoms. The molecule has 0 aliphatic carbocycles. The second kappa shape index (κ2) is 10.3. The molecular formula is C28H32N4O3. The lowest BCUT2D eigenvalue weighted by Gasteiger charge is -2.26. The van der Waals surface area contributed by atoms with Crippen LogP contribution in [-0.2, 0) is 4.74 Å². The maximum absolute atomic E-state index is 13.4. The summed E-state index contributed by atoms with van der Waals surface area (Å²) in [6, 6.07) is 17.3. The van der Waals surface area contributed by atoms with Crippen LogP contribution in [-0.4, -0.2) is 58.5 Å². The fraction of sp³-hybridized carbons (Fsp3) is 0.357. The lowest BCUT2D eigenvalue weighted by Crippen LogP contribution is -2.39. The van der Waals surface area contributed by atoms with E-state index >= 15 is 0 Å². The van der Waals surface area contributed by atoms with E-state index in [0.29, 0.717) is 36.6 Å². The van der Waals surface area contributed by atoms with Gasteiger partial charge in [-0.2, -0.15) is 0 Å². The zero-order chi connectivity index (χ0) is 25.0. The summed E-state index contributed by atoms with van der Waals surface area (Å²) in [5.41, 5.74) is 2.98. The summed E-state index contributed by atoms with van der Waals surface area (Å²) in [6.45, 7) is 9.97. The quantitative estimate of drug-likeness (QED) is 0.490. The Bertz CT molecular complexity index is 1200. The number of amides is 1. The maximum atomic E-state index is 13.4. The van der Waals surface area contributed by atoms with Crippen LogP contribution in [0.4, 0.5) is 10.6 Å². The second-order valence-electron chi connectivity index (χ2n) is 9.74. The fourth-order valence-electron chi connectivity index (χ4n) is 4.07. The molecule has 1 fully saturated rings. The second-order valence-corrected chi connectivity index (χ2v) is 9.74. The number of benzene rings is 1. The van der Waals surface area contributed by atoms with Gasteiger partial charge in [-0.1, -0.05) is 36.4 Å². The predicted octanol–water partition coefficient (Wildman–Crippen LogP) is 5.13. The van der Waals surface area contributed by atoms with Crippen molar-refractivity contribution in [1.82, 2.24) is 14.9 Å². The Hall–Kier alpha value is -3.74. The van der Waals surface area contributed by atoms with Crippen molar-refractivity contribution >= 4 is 17.7 Å². The van der Waals surface area contributed by atoms with Gasteiger partial charge in [-0.15, -0.1) is 0 Å². The number of ketones is 1. The third-order valence-corrected chi connectivity index (χ3v) is 5.88. The van der Waals surface area contributed by atoms with Crippen LogP contribution in [0.5, 0.6) is 0 Å². The maximum Gasteiger partial charge on any atom is 0.410 e. The number of hydrogen-bond acceptors (Lipinski definition) is 6. The fourth-order valence-corrected chi connectivity index (χ4v) is 4.07. The van der Waals surface area contributed by atoms with Gasteiger partial charge < -0.3 is 14.5 Å². The molecule has 1 saturated heterocycles. The first kappa shape index (κ1) is 24.4. The lowest BCUT2D eigenvalue weighted by atomic mass is 10.0. The summed E-state index contributed by atoms with van der Waals surface area (Å²) in [4.78, 5) is 39.0. The molecule has 0 bridgehead atoms. The number of rotatable bonds is 4. The molecule has 182 valence electrons. The highest BCUT2D eigenvalue weighted by Gasteiger charge is 2.25. The number of pyridine rings is 2. The Kier molecular flexibility index (Phi) is 7.15. The van der Waals surface area contributed by atoms with E-state index in [0.717, 1.165) is 29.9 Å². The Morgan fingerprint density at radius 1 is 0.914 bits per heavy atom. The summed E-state index contributed by atoms with van der Waals surface area (Å²) >= 11 is 0. The summed E-state index contributed by atoms with van der Waals surface area (Å²) < 4.78 is 5.53. The molecule has 0 atom stereocenters. The van der Waals surface area contributed by atoms with Crippen LogP contribution in [0.2, 0.25) is 0 Å². The SMILES string of the molecule is Cc1ncc(-c2ccccc2)cc1C(=O)c1cccc(N2CCCN(C(=O)OC(C)(C)C)CC2)n1. The minimum Gasteiger partial charge on any atom is -0.444 e. The molecule has 7 nitrogen and oxygen atoms in total. The van der Waals surface area contributed by atoms with Gasteiger partial charge in [0.2, 0.25) is 5.78 Å². The van der Waals surface area contributed by atoms with Gasteiger partial charge in [-0.3, -0.25) is 9.78 Å². The third-order valence-electron chi connectivity index (χ3n) is 5.88. The van der Waals surface area contributed by atoms with Crippen LogP contribution in [0.3, 0.4) is 0 Å². The van der Waals surface area contributed by atoms with E-state index in [4.69, 9.17) is 9.72 Å². The molecule has 0 spiro atoms. The Morgan fingerprint density at radius 3 is 2.43 bits per heavy atom. The normalized spacial score (nSPS) is 14.4. The van der Waals surface area contributed by atoms with E-state index < -0.39 is 5.60 Å². The highest BCUT2D eigenvalue weighted by molar-refractivity contribution is 6.09. The zero-order valence-corrected chi connectivity index (χ0v) is 20.8. The van der Waals surface area contributed by atoms with E-state index in [1.807, 2.05) is 76.2 Å². The van der Waals surface area contributed by atoms with Gasteiger partial charge >= 0.3 is 6.09 Å². The van der Waals surface area contributed by atoms with E-state index in [2.05, 4.69) is 9.88 Å². The largest absolute Gasteiger partial charge is 0.444 e. The first-order valence-corrected chi connectivity index (χ1v) is 12.0. The molecule has 1 aliphatic rings. The zero-order valence-electron chi connectivity index (χ0n) is 20.8. The van der Waals surface area contributed by atoms with E-state index in [1.165, 1.54) is 0 Å². The van der Waals surface area contributed by atoms with Gasteiger partial charge in [-0.05, 0) is 57.9 Å². The molecular weight excluding hydrogens is 440 g/mol. The van der Waals surface area contributed by atoms with Gasteiger partial charge in [0.1, 0.15) is 17.1 Å². The van der Waals surface area contributed by atoms with Crippen LogP contribution >= 0.6 is 0 Å². The first-order chi connectivity index (χ1) is 16.7. The van der Waals surface area contributed by atoms with Crippen LogP contribution in [0, 0.1) is 6.92 Å². The molecule has 1 amide bonds. The average molecular weight is 473 g/mol. The number of nitrogens with zero attached hydrogens (tertiary/aromatic N) is 4. The molecule has 2 aromatic heterocycles. The highest BCUT2D eigenvalue weighted by atomic mass is 16.6. The van der Waals surface area contributed by atoms with E-state index in [-0.39, 0.29) is 11.9 Å². The number of carbonyl (C=O) groups excluding carboxylic acids is 2. The van der Waals surface area contributed by atoms with Gasteiger partial charge in [0, 0.05) is 49.2 Å². The molecule has 1 aromatic carbocycles. The van der Waals surface area contributed by atoms with Gasteiger partial charge in [0.15, 0.2) is 0 Å². The van der Waals surface area contributed by atoms with Gasteiger partial charge in [0.05, 0.1) is 0 Å². The molecule has 1 aliphatic heterocycles. The monoisotopic (exact) mass is 472 g/mol. The number of aryl methyl sites for hydroxylation is 1. The lowest BCUT2D eigenvalue weighted by molar-refractivity contribution is 0.0263. The number of hydrogen-bond donors (Lipinski definition) is 0. The Labute approximate surface area is 206 Å². The van der Waals surface area contributed by atoms with E-state index in [1.54, 1.807) is 17.2 Å². The number of carbonyl (C=O) groups is 2. The molecule has 0 saturated carbocycles. The molecule has 0 radical (unpaired) electrons. The summed E-state index contributed by atoms with van der Waals surface area (Å²) in [5.74, 6) is 0.576. The third kappa shape index (κ3) is 6.04. The molecule has 0 N–H and O–H groups in total. The van der Waals surface area contributed by atoms with Gasteiger partial charge in [0.25, 0.3) is 0 Å². The minimum absolute atomic E-state index is 0.153. The molecule has 0 unspecified atom stereocenters. The van der Waals surface area contributed by atoms with Crippen molar-refractivity contribution in [2.45, 2.75) is 39.7 Å². The Balaban J connectivity index is 1.52. The van der Waals surface area contributed by atoms with Gasteiger partial charge in [-0.25, -0.2) is 9.78 Å². The van der Waals surface area contributed by atoms with Crippen molar-refractivity contribution in [3.63, 3.8) is 0 Å². The summed E-state index contributed by atoms with van der Waals surface area (Å²) in [5, 5.41) is 0. The van der Waals surface area contributed by atoms with Crippen molar-refractivity contribution in [2.75, 3.05) is 31.1 Å². The molecule has 3 heterocycles. The van der Waals surface area contributed by atoms with Crippen molar-refractivity contribution in [2.24, 2.45) is 0 Å². The minimum atomic E-state index is -0.524. The standard InChI is InChI=1S/C28H32N4O3/c1-20-23(18-22(19-29-20)21-10-6-5-7-11-21)26(33)24-12-8-13-25(30-24)31-14-9-15-32(17-16-31)27(34)35-28(2,3)4/h5-8,10-13,18-19H,9,14-17H2,1-4H3. The average Bonchev–Trinajstić information content (AvgIpc) is 3.10. The number of anilines is 1. The predicted molar refractivity (Wildman–Crippen MR) is 137 cm³/mol. The van der Waals surface area contributed by atoms with Crippen LogP contribution in [0.1, 0.15) is 48.9 Å². The smallest absolute Gasteiger partial charge is 0.410 e. The molecule has 7 heteroatoms. The first-order valence-electron chi connectivity index (χ1n) is 12.0. The van der Waals surface area contributed by atoms with Crippen molar-refractivity contribution < 1.29 is 14.3 Å². The highest BCUT2D eigenvalue weighted by Crippen LogP contribution is 2.23. The van der Waals surface area contributed by atoms with Crippen LogP contribution < -0.4 is 4.90 Å². The van der Waals surface area contributed by atoms with Crippen LogP contribution in [0.15, 0.2) is 60.8 Å². The number of aromatic nitrogens is 2. The summed E-state index contributed by atoms with van der Waals surface area (Å²) in [7, 11) is 0. The van der Waals surface area contributed by atoms with Crippen molar-refractivity contribution in [3.05, 3.63) is 77.7 Å². The molecule has 3 aromatic rings. The molecule has 4 rings (SSSR count). The number of ether oxygens (including phenoxy) is 1. The van der Waals surface area contributed by atoms with Crippen molar-refractivity contribution in [3.8, 4) is 11.1 Å².